The molecular weight excluding hydrogens is 236 g/mol. The zero-order valence-electron chi connectivity index (χ0n) is 10.9. The van der Waals surface area contributed by atoms with Gasteiger partial charge in [0, 0.05) is 28.3 Å². The Balaban J connectivity index is 2.11. The highest BCUT2D eigenvalue weighted by atomic mass is 32.2. The van der Waals surface area contributed by atoms with Crippen LogP contribution in [0.3, 0.4) is 0 Å². The Morgan fingerprint density at radius 3 is 2.53 bits per heavy atom. The van der Waals surface area contributed by atoms with E-state index in [0.717, 1.165) is 30.8 Å². The zero-order chi connectivity index (χ0) is 12.6. The highest BCUT2D eigenvalue weighted by Crippen LogP contribution is 2.28. The third kappa shape index (κ3) is 2.27. The molecule has 5 heteroatoms. The summed E-state index contributed by atoms with van der Waals surface area (Å²) in [6.45, 7) is 6.06. The van der Waals surface area contributed by atoms with Crippen LogP contribution in [0.5, 0.6) is 0 Å². The number of hydrogen-bond donors (Lipinski definition) is 1. The normalized spacial score (nSPS) is 43.1. The van der Waals surface area contributed by atoms with Crippen molar-refractivity contribution in [2.75, 3.05) is 11.5 Å². The van der Waals surface area contributed by atoms with E-state index >= 15 is 0 Å². The van der Waals surface area contributed by atoms with E-state index in [4.69, 9.17) is 0 Å². The lowest BCUT2D eigenvalue weighted by Gasteiger charge is -2.33. The minimum absolute atomic E-state index is 0.101. The Morgan fingerprint density at radius 1 is 1.47 bits per heavy atom. The molecule has 0 radical (unpaired) electrons. The van der Waals surface area contributed by atoms with Crippen LogP contribution in [0.1, 0.15) is 40.0 Å². The van der Waals surface area contributed by atoms with E-state index < -0.39 is 16.3 Å². The van der Waals surface area contributed by atoms with Gasteiger partial charge < -0.3 is 4.90 Å². The highest BCUT2D eigenvalue weighted by molar-refractivity contribution is 7.85. The lowest BCUT2D eigenvalue weighted by atomic mass is 9.98. The van der Waals surface area contributed by atoms with E-state index in [-0.39, 0.29) is 18.1 Å². The van der Waals surface area contributed by atoms with Crippen molar-refractivity contribution in [2.45, 2.75) is 57.8 Å². The van der Waals surface area contributed by atoms with Gasteiger partial charge in [0.1, 0.15) is 0 Å². The highest BCUT2D eigenvalue weighted by Gasteiger charge is 2.47. The molecule has 98 valence electrons. The van der Waals surface area contributed by atoms with Crippen molar-refractivity contribution in [3.05, 3.63) is 0 Å². The summed E-state index contributed by atoms with van der Waals surface area (Å²) >= 11 is 0. The maximum atomic E-state index is 12.4. The first-order valence-electron chi connectivity index (χ1n) is 6.43. The van der Waals surface area contributed by atoms with Gasteiger partial charge >= 0.3 is 0 Å². The number of nitrogens with zero attached hydrogens (tertiary/aromatic N) is 1. The van der Waals surface area contributed by atoms with Crippen LogP contribution in [-0.4, -0.2) is 44.3 Å². The molecule has 17 heavy (non-hydrogen) atoms. The van der Waals surface area contributed by atoms with E-state index in [1.165, 1.54) is 0 Å². The first kappa shape index (κ1) is 13.0. The Bertz CT molecular complexity index is 337. The second-order valence-electron chi connectivity index (χ2n) is 5.30. The molecule has 4 nitrogen and oxygen atoms in total. The van der Waals surface area contributed by atoms with Crippen LogP contribution >= 0.6 is 0 Å². The summed E-state index contributed by atoms with van der Waals surface area (Å²) < 4.78 is 11.4. The summed E-state index contributed by atoms with van der Waals surface area (Å²) in [5, 5.41) is 3.39. The van der Waals surface area contributed by atoms with Crippen molar-refractivity contribution in [3.8, 4) is 0 Å². The average molecular weight is 258 g/mol. The number of hydrogen-bond acceptors (Lipinski definition) is 3. The SMILES string of the molecule is CCC1(C)NC(C)N(C2CCS(=O)CC2)C1=O. The summed E-state index contributed by atoms with van der Waals surface area (Å²) in [7, 11) is -0.663. The lowest BCUT2D eigenvalue weighted by molar-refractivity contribution is -0.135. The molecule has 0 aromatic rings. The fourth-order valence-electron chi connectivity index (χ4n) is 2.85. The minimum Gasteiger partial charge on any atom is -0.323 e. The van der Waals surface area contributed by atoms with Crippen molar-refractivity contribution in [1.82, 2.24) is 10.2 Å². The van der Waals surface area contributed by atoms with Gasteiger partial charge in [-0.25, -0.2) is 0 Å². The monoisotopic (exact) mass is 258 g/mol. The Labute approximate surface area is 106 Å². The maximum absolute atomic E-state index is 12.4. The Kier molecular flexibility index (Phi) is 3.59. The van der Waals surface area contributed by atoms with Gasteiger partial charge in [-0.15, -0.1) is 0 Å². The van der Waals surface area contributed by atoms with Crippen LogP contribution in [0.15, 0.2) is 0 Å². The zero-order valence-corrected chi connectivity index (χ0v) is 11.7. The van der Waals surface area contributed by atoms with E-state index in [0.29, 0.717) is 0 Å². The molecule has 0 spiro atoms. The first-order chi connectivity index (χ1) is 7.98. The van der Waals surface area contributed by atoms with Gasteiger partial charge in [-0.05, 0) is 33.1 Å². The fourth-order valence-corrected chi connectivity index (χ4v) is 4.12. The van der Waals surface area contributed by atoms with Crippen LogP contribution in [-0.2, 0) is 15.6 Å². The summed E-state index contributed by atoms with van der Waals surface area (Å²) in [6, 6.07) is 0.274. The summed E-state index contributed by atoms with van der Waals surface area (Å²) in [5.41, 5.74) is -0.407. The molecule has 1 N–H and O–H groups in total. The van der Waals surface area contributed by atoms with E-state index in [2.05, 4.69) is 5.32 Å². The van der Waals surface area contributed by atoms with Crippen molar-refractivity contribution in [3.63, 3.8) is 0 Å². The van der Waals surface area contributed by atoms with Crippen LogP contribution in [0, 0.1) is 0 Å². The molecule has 2 fully saturated rings. The maximum Gasteiger partial charge on any atom is 0.244 e. The molecule has 0 aromatic carbocycles. The van der Waals surface area contributed by atoms with Gasteiger partial charge in [-0.1, -0.05) is 6.92 Å². The number of carbonyl (C=O) groups is 1. The molecule has 0 aromatic heterocycles. The summed E-state index contributed by atoms with van der Waals surface area (Å²) in [5.74, 6) is 1.69. The van der Waals surface area contributed by atoms with Gasteiger partial charge in [0.05, 0.1) is 11.7 Å². The van der Waals surface area contributed by atoms with Crippen molar-refractivity contribution in [2.24, 2.45) is 0 Å². The van der Waals surface area contributed by atoms with E-state index in [1.807, 2.05) is 25.7 Å². The number of rotatable bonds is 2. The molecule has 2 rings (SSSR count). The third-order valence-electron chi connectivity index (χ3n) is 4.11. The average Bonchev–Trinajstić information content (AvgIpc) is 2.53. The standard InChI is InChI=1S/C12H22N2O2S/c1-4-12(3)11(15)14(9(2)13-12)10-5-7-17(16)8-6-10/h9-10,13H,4-8H2,1-3H3. The predicted octanol–water partition coefficient (Wildman–Crippen LogP) is 0.844. The molecular formula is C12H22N2O2S. The van der Waals surface area contributed by atoms with Crippen LogP contribution in [0.2, 0.25) is 0 Å². The molecule has 0 saturated carbocycles. The van der Waals surface area contributed by atoms with E-state index in [9.17, 15) is 9.00 Å². The number of amides is 1. The summed E-state index contributed by atoms with van der Waals surface area (Å²) in [6.07, 6.45) is 2.67. The topological polar surface area (TPSA) is 49.4 Å². The second-order valence-corrected chi connectivity index (χ2v) is 6.99. The molecule has 0 bridgehead atoms. The van der Waals surface area contributed by atoms with Gasteiger partial charge in [-0.3, -0.25) is 14.3 Å². The van der Waals surface area contributed by atoms with E-state index in [1.54, 1.807) is 0 Å². The second kappa shape index (κ2) is 4.69. The van der Waals surface area contributed by atoms with Gasteiger partial charge in [0.2, 0.25) is 5.91 Å². The Morgan fingerprint density at radius 2 is 2.06 bits per heavy atom. The summed E-state index contributed by atoms with van der Waals surface area (Å²) in [4.78, 5) is 14.4. The molecule has 2 atom stereocenters. The molecule has 0 aliphatic carbocycles. The molecule has 2 heterocycles. The van der Waals surface area contributed by atoms with Gasteiger partial charge in [-0.2, -0.15) is 0 Å². The van der Waals surface area contributed by atoms with Crippen molar-refractivity contribution in [1.29, 1.82) is 0 Å². The smallest absolute Gasteiger partial charge is 0.244 e. The molecule has 2 unspecified atom stereocenters. The third-order valence-corrected chi connectivity index (χ3v) is 5.49. The van der Waals surface area contributed by atoms with Crippen LogP contribution in [0.4, 0.5) is 0 Å². The molecule has 2 saturated heterocycles. The molecule has 2 aliphatic heterocycles. The largest absolute Gasteiger partial charge is 0.323 e. The molecule has 1 amide bonds. The minimum atomic E-state index is -0.663. The fraction of sp³-hybridized carbons (Fsp3) is 0.917. The van der Waals surface area contributed by atoms with Crippen molar-refractivity contribution < 1.29 is 9.00 Å². The predicted molar refractivity (Wildman–Crippen MR) is 69.0 cm³/mol. The lowest BCUT2D eigenvalue weighted by Crippen LogP contribution is -2.47. The van der Waals surface area contributed by atoms with Crippen LogP contribution in [0.25, 0.3) is 0 Å². The number of carbonyl (C=O) groups excluding carboxylic acids is 1. The quantitative estimate of drug-likeness (QED) is 0.798. The van der Waals surface area contributed by atoms with Gasteiger partial charge in [0.25, 0.3) is 0 Å². The molecule has 2 aliphatic rings. The van der Waals surface area contributed by atoms with Gasteiger partial charge in [0.15, 0.2) is 0 Å². The van der Waals surface area contributed by atoms with Crippen LogP contribution < -0.4 is 5.32 Å². The Hall–Kier alpha value is -0.420. The van der Waals surface area contributed by atoms with Crippen molar-refractivity contribution >= 4 is 16.7 Å². The first-order valence-corrected chi connectivity index (χ1v) is 7.92. The number of nitrogens with one attached hydrogen (secondary N) is 1.